The number of carbonyl (C=O) groups is 1. The molecular weight excluding hydrogens is 504 g/mol. The first kappa shape index (κ1) is 27.2. The molecule has 0 saturated carbocycles. The van der Waals surface area contributed by atoms with E-state index in [1.807, 2.05) is 18.2 Å². The van der Waals surface area contributed by atoms with E-state index < -0.39 is 22.5 Å². The Balaban J connectivity index is 1.70. The molecule has 0 aliphatic rings. The average molecular weight is 533 g/mol. The summed E-state index contributed by atoms with van der Waals surface area (Å²) in [6, 6.07) is 18.2. The SMILES string of the molecule is COc1ccc(N(CC(=O)NCCCc2ccc(OC)c(OC)c2)S(=O)(=O)c2ccccc2)cc1Cl. The van der Waals surface area contributed by atoms with Crippen LogP contribution in [-0.2, 0) is 21.2 Å². The summed E-state index contributed by atoms with van der Waals surface area (Å²) in [6.45, 7) is -0.0357. The molecule has 3 aromatic rings. The molecule has 0 atom stereocenters. The quantitative estimate of drug-likeness (QED) is 0.349. The van der Waals surface area contributed by atoms with E-state index >= 15 is 0 Å². The predicted molar refractivity (Wildman–Crippen MR) is 140 cm³/mol. The summed E-state index contributed by atoms with van der Waals surface area (Å²) >= 11 is 6.24. The van der Waals surface area contributed by atoms with Gasteiger partial charge in [-0.25, -0.2) is 8.42 Å². The Labute approximate surface area is 216 Å². The number of rotatable bonds is 12. The maximum atomic E-state index is 13.4. The number of sulfonamides is 1. The first-order chi connectivity index (χ1) is 17.3. The predicted octanol–water partition coefficient (Wildman–Crippen LogP) is 4.31. The van der Waals surface area contributed by atoms with Gasteiger partial charge in [-0.1, -0.05) is 35.9 Å². The fourth-order valence-electron chi connectivity index (χ4n) is 3.59. The monoisotopic (exact) mass is 532 g/mol. The maximum Gasteiger partial charge on any atom is 0.264 e. The molecule has 1 N–H and O–H groups in total. The van der Waals surface area contributed by atoms with Crippen LogP contribution in [0.4, 0.5) is 5.69 Å². The first-order valence-corrected chi connectivity index (χ1v) is 13.0. The number of hydrogen-bond acceptors (Lipinski definition) is 6. The highest BCUT2D eigenvalue weighted by molar-refractivity contribution is 7.92. The average Bonchev–Trinajstić information content (AvgIpc) is 2.90. The fraction of sp³-hybridized carbons (Fsp3) is 0.269. The number of nitrogens with zero attached hydrogens (tertiary/aromatic N) is 1. The Bertz CT molecular complexity index is 1280. The van der Waals surface area contributed by atoms with Crippen molar-refractivity contribution < 1.29 is 27.4 Å². The highest BCUT2D eigenvalue weighted by atomic mass is 35.5. The van der Waals surface area contributed by atoms with Crippen LogP contribution in [0.3, 0.4) is 0 Å². The second kappa shape index (κ2) is 12.5. The molecule has 0 saturated heterocycles. The third kappa shape index (κ3) is 6.61. The van der Waals surface area contributed by atoms with Gasteiger partial charge in [-0.2, -0.15) is 0 Å². The summed E-state index contributed by atoms with van der Waals surface area (Å²) in [5, 5.41) is 3.04. The molecule has 36 heavy (non-hydrogen) atoms. The van der Waals surface area contributed by atoms with E-state index in [0.717, 1.165) is 9.87 Å². The highest BCUT2D eigenvalue weighted by Crippen LogP contribution is 2.32. The minimum absolute atomic E-state index is 0.0678. The Morgan fingerprint density at radius 2 is 1.56 bits per heavy atom. The zero-order chi connectivity index (χ0) is 26.1. The minimum atomic E-state index is -4.03. The van der Waals surface area contributed by atoms with E-state index in [1.165, 1.54) is 25.3 Å². The smallest absolute Gasteiger partial charge is 0.264 e. The lowest BCUT2D eigenvalue weighted by molar-refractivity contribution is -0.119. The van der Waals surface area contributed by atoms with Gasteiger partial charge in [0.1, 0.15) is 12.3 Å². The van der Waals surface area contributed by atoms with Crippen LogP contribution >= 0.6 is 11.6 Å². The first-order valence-electron chi connectivity index (χ1n) is 11.2. The van der Waals surface area contributed by atoms with Crippen molar-refractivity contribution in [1.82, 2.24) is 5.32 Å². The number of methoxy groups -OCH3 is 3. The summed E-state index contributed by atoms with van der Waals surface area (Å²) in [4.78, 5) is 12.9. The molecule has 0 aliphatic carbocycles. The number of nitrogens with one attached hydrogen (secondary N) is 1. The maximum absolute atomic E-state index is 13.4. The molecule has 192 valence electrons. The van der Waals surface area contributed by atoms with Gasteiger partial charge in [0, 0.05) is 6.54 Å². The molecule has 3 aromatic carbocycles. The molecule has 0 radical (unpaired) electrons. The number of ether oxygens (including phenoxy) is 3. The van der Waals surface area contributed by atoms with E-state index in [4.69, 9.17) is 25.8 Å². The summed E-state index contributed by atoms with van der Waals surface area (Å²) in [5.41, 5.74) is 1.29. The Kier molecular flexibility index (Phi) is 9.44. The standard InChI is InChI=1S/C26H29ClN2O6S/c1-33-23-14-12-20(17-22(23)27)29(36(31,32)21-9-5-4-6-10-21)18-26(30)28-15-7-8-19-11-13-24(34-2)25(16-19)35-3/h4-6,9-14,16-17H,7-8,15,18H2,1-3H3,(H,28,30). The lowest BCUT2D eigenvalue weighted by Crippen LogP contribution is -2.41. The van der Waals surface area contributed by atoms with E-state index in [0.29, 0.717) is 36.6 Å². The molecule has 0 bridgehead atoms. The molecule has 0 aromatic heterocycles. The van der Waals surface area contributed by atoms with Crippen molar-refractivity contribution in [3.8, 4) is 17.2 Å². The topological polar surface area (TPSA) is 94.2 Å². The normalized spacial score (nSPS) is 11.0. The molecule has 0 unspecified atom stereocenters. The Morgan fingerprint density at radius 3 is 2.19 bits per heavy atom. The van der Waals surface area contributed by atoms with Crippen LogP contribution in [0.25, 0.3) is 0 Å². The van der Waals surface area contributed by atoms with Crippen LogP contribution in [0, 0.1) is 0 Å². The second-order valence-electron chi connectivity index (χ2n) is 7.79. The molecule has 0 fully saturated rings. The molecule has 8 nitrogen and oxygen atoms in total. The van der Waals surface area contributed by atoms with Crippen molar-refractivity contribution in [2.24, 2.45) is 0 Å². The molecule has 10 heteroatoms. The highest BCUT2D eigenvalue weighted by Gasteiger charge is 2.27. The number of benzene rings is 3. The number of anilines is 1. The van der Waals surface area contributed by atoms with Gasteiger partial charge in [-0.15, -0.1) is 0 Å². The number of halogens is 1. The van der Waals surface area contributed by atoms with Gasteiger partial charge in [0.25, 0.3) is 10.0 Å². The van der Waals surface area contributed by atoms with Crippen molar-refractivity contribution >= 4 is 33.2 Å². The lowest BCUT2D eigenvalue weighted by Gasteiger charge is -2.24. The number of hydrogen-bond donors (Lipinski definition) is 1. The van der Waals surface area contributed by atoms with Gasteiger partial charge in [0.15, 0.2) is 11.5 Å². The zero-order valence-electron chi connectivity index (χ0n) is 20.4. The fourth-order valence-corrected chi connectivity index (χ4v) is 5.27. The largest absolute Gasteiger partial charge is 0.495 e. The van der Waals surface area contributed by atoms with Gasteiger partial charge in [-0.3, -0.25) is 9.10 Å². The number of aryl methyl sites for hydroxylation is 1. The van der Waals surface area contributed by atoms with E-state index in [-0.39, 0.29) is 15.6 Å². The summed E-state index contributed by atoms with van der Waals surface area (Å²) < 4.78 is 43.6. The summed E-state index contributed by atoms with van der Waals surface area (Å²) in [6.07, 6.45) is 1.35. The van der Waals surface area contributed by atoms with Crippen molar-refractivity contribution in [3.63, 3.8) is 0 Å². The summed E-state index contributed by atoms with van der Waals surface area (Å²) in [7, 11) is 0.595. The van der Waals surface area contributed by atoms with Crippen LogP contribution < -0.4 is 23.8 Å². The van der Waals surface area contributed by atoms with E-state index in [9.17, 15) is 13.2 Å². The molecule has 0 aliphatic heterocycles. The van der Waals surface area contributed by atoms with Crippen LogP contribution in [0.5, 0.6) is 17.2 Å². The molecular formula is C26H29ClN2O6S. The second-order valence-corrected chi connectivity index (χ2v) is 10.1. The van der Waals surface area contributed by atoms with Gasteiger partial charge >= 0.3 is 0 Å². The van der Waals surface area contributed by atoms with Crippen molar-refractivity contribution in [2.75, 3.05) is 38.7 Å². The lowest BCUT2D eigenvalue weighted by atomic mass is 10.1. The number of amides is 1. The van der Waals surface area contributed by atoms with Crippen molar-refractivity contribution in [1.29, 1.82) is 0 Å². The van der Waals surface area contributed by atoms with E-state index in [2.05, 4.69) is 5.32 Å². The molecule has 3 rings (SSSR count). The molecule has 1 amide bonds. The van der Waals surface area contributed by atoms with E-state index in [1.54, 1.807) is 44.6 Å². The van der Waals surface area contributed by atoms with Crippen LogP contribution in [0.15, 0.2) is 71.6 Å². The van der Waals surface area contributed by atoms with Crippen LogP contribution in [0.2, 0.25) is 5.02 Å². The minimum Gasteiger partial charge on any atom is -0.495 e. The third-order valence-electron chi connectivity index (χ3n) is 5.45. The molecule has 0 spiro atoms. The summed E-state index contributed by atoms with van der Waals surface area (Å²) in [5.74, 6) is 1.25. The Morgan fingerprint density at radius 1 is 0.889 bits per heavy atom. The Hall–Kier alpha value is -3.43. The van der Waals surface area contributed by atoms with Crippen LogP contribution in [0.1, 0.15) is 12.0 Å². The third-order valence-corrected chi connectivity index (χ3v) is 7.54. The zero-order valence-corrected chi connectivity index (χ0v) is 21.9. The van der Waals surface area contributed by atoms with Crippen LogP contribution in [-0.4, -0.2) is 48.7 Å². The molecule has 0 heterocycles. The van der Waals surface area contributed by atoms with Gasteiger partial charge in [0.05, 0.1) is 36.9 Å². The van der Waals surface area contributed by atoms with Gasteiger partial charge in [-0.05, 0) is 60.9 Å². The van der Waals surface area contributed by atoms with Crippen molar-refractivity contribution in [3.05, 3.63) is 77.3 Å². The van der Waals surface area contributed by atoms with Gasteiger partial charge in [0.2, 0.25) is 5.91 Å². The number of carbonyl (C=O) groups excluding carboxylic acids is 1. The van der Waals surface area contributed by atoms with Crippen molar-refractivity contribution in [2.45, 2.75) is 17.7 Å². The van der Waals surface area contributed by atoms with Gasteiger partial charge < -0.3 is 19.5 Å².